The number of fused-ring (bicyclic) bond motifs is 1. The molecule has 2 aromatic carbocycles. The van der Waals surface area contributed by atoms with E-state index in [1.165, 1.54) is 11.1 Å². The summed E-state index contributed by atoms with van der Waals surface area (Å²) in [5.74, 6) is 0.00327. The number of nitrogens with two attached hydrogens (primary N) is 1. The summed E-state index contributed by atoms with van der Waals surface area (Å²) in [6.07, 6.45) is 2.01. The Balaban J connectivity index is 0.00000208. The SMILES string of the molecule is Cc1ccc(NC(=O)CN2CCCc3c(N)cccc32)cc1C.Cl. The summed E-state index contributed by atoms with van der Waals surface area (Å²) < 4.78 is 0. The Morgan fingerprint density at radius 2 is 2.00 bits per heavy atom. The van der Waals surface area contributed by atoms with E-state index in [1.807, 2.05) is 36.4 Å². The number of hydrogen-bond acceptors (Lipinski definition) is 3. The molecule has 3 N–H and O–H groups in total. The van der Waals surface area contributed by atoms with E-state index in [-0.39, 0.29) is 18.3 Å². The number of amides is 1. The molecule has 1 heterocycles. The van der Waals surface area contributed by atoms with Gasteiger partial charge in [-0.2, -0.15) is 0 Å². The number of halogens is 1. The Bertz CT molecular complexity index is 745. The van der Waals surface area contributed by atoms with Gasteiger partial charge in [0.2, 0.25) is 5.91 Å². The molecule has 0 spiro atoms. The predicted octanol–water partition coefficient (Wildman–Crippen LogP) is 3.70. The van der Waals surface area contributed by atoms with Crippen molar-refractivity contribution in [3.8, 4) is 0 Å². The summed E-state index contributed by atoms with van der Waals surface area (Å²) in [6.45, 7) is 5.35. The number of benzene rings is 2. The first-order valence-electron chi connectivity index (χ1n) is 8.04. The first-order valence-corrected chi connectivity index (χ1v) is 8.04. The van der Waals surface area contributed by atoms with Gasteiger partial charge in [-0.25, -0.2) is 0 Å². The molecule has 0 unspecified atom stereocenters. The van der Waals surface area contributed by atoms with Crippen molar-refractivity contribution in [2.45, 2.75) is 26.7 Å². The number of carbonyl (C=O) groups excluding carboxylic acids is 1. The summed E-state index contributed by atoms with van der Waals surface area (Å²) in [4.78, 5) is 14.5. The van der Waals surface area contributed by atoms with Gasteiger partial charge in [0.05, 0.1) is 6.54 Å². The highest BCUT2D eigenvalue weighted by Gasteiger charge is 2.20. The number of rotatable bonds is 3. The zero-order valence-corrected chi connectivity index (χ0v) is 15.0. The minimum absolute atomic E-state index is 0. The van der Waals surface area contributed by atoms with E-state index >= 15 is 0 Å². The van der Waals surface area contributed by atoms with Crippen molar-refractivity contribution in [1.82, 2.24) is 0 Å². The molecule has 1 aliphatic heterocycles. The van der Waals surface area contributed by atoms with Gasteiger partial charge in [0.15, 0.2) is 0 Å². The van der Waals surface area contributed by atoms with E-state index in [4.69, 9.17) is 5.73 Å². The first kappa shape index (κ1) is 18.1. The smallest absolute Gasteiger partial charge is 0.243 e. The highest BCUT2D eigenvalue weighted by Crippen LogP contribution is 2.31. The minimum Gasteiger partial charge on any atom is -0.398 e. The van der Waals surface area contributed by atoms with Gasteiger partial charge in [-0.1, -0.05) is 12.1 Å². The lowest BCUT2D eigenvalue weighted by atomic mass is 10.00. The second-order valence-electron chi connectivity index (χ2n) is 6.22. The standard InChI is InChI=1S/C19H23N3O.ClH/c1-13-8-9-15(11-14(13)2)21-19(23)12-22-10-4-5-16-17(20)6-3-7-18(16)22;/h3,6-9,11H,4-5,10,12,20H2,1-2H3,(H,21,23);1H. The Labute approximate surface area is 149 Å². The highest BCUT2D eigenvalue weighted by atomic mass is 35.5. The first-order chi connectivity index (χ1) is 11.0. The molecule has 24 heavy (non-hydrogen) atoms. The second kappa shape index (κ2) is 7.58. The van der Waals surface area contributed by atoms with Crippen LogP contribution in [-0.2, 0) is 11.2 Å². The zero-order chi connectivity index (χ0) is 16.4. The van der Waals surface area contributed by atoms with Crippen molar-refractivity contribution in [1.29, 1.82) is 0 Å². The highest BCUT2D eigenvalue weighted by molar-refractivity contribution is 5.94. The molecule has 3 rings (SSSR count). The number of nitrogens with zero attached hydrogens (tertiary/aromatic N) is 1. The topological polar surface area (TPSA) is 58.4 Å². The van der Waals surface area contributed by atoms with Gasteiger partial charge in [-0.15, -0.1) is 12.4 Å². The van der Waals surface area contributed by atoms with Gasteiger partial charge in [0.25, 0.3) is 0 Å². The molecule has 1 aliphatic rings. The molecule has 0 atom stereocenters. The van der Waals surface area contributed by atoms with Crippen LogP contribution in [0.5, 0.6) is 0 Å². The normalized spacial score (nSPS) is 13.0. The molecule has 0 bridgehead atoms. The molecule has 0 aliphatic carbocycles. The van der Waals surface area contributed by atoms with E-state index < -0.39 is 0 Å². The average Bonchev–Trinajstić information content (AvgIpc) is 2.52. The lowest BCUT2D eigenvalue weighted by Crippen LogP contribution is -2.37. The van der Waals surface area contributed by atoms with Crippen molar-refractivity contribution >= 4 is 35.4 Å². The van der Waals surface area contributed by atoms with Gasteiger partial charge in [-0.3, -0.25) is 4.79 Å². The maximum Gasteiger partial charge on any atom is 0.243 e. The Kier molecular flexibility index (Phi) is 5.73. The van der Waals surface area contributed by atoms with Gasteiger partial charge in [0, 0.05) is 23.6 Å². The van der Waals surface area contributed by atoms with Crippen LogP contribution in [0.1, 0.15) is 23.1 Å². The molecule has 128 valence electrons. The van der Waals surface area contributed by atoms with Crippen molar-refractivity contribution in [2.75, 3.05) is 29.0 Å². The number of hydrogen-bond donors (Lipinski definition) is 2. The zero-order valence-electron chi connectivity index (χ0n) is 14.1. The van der Waals surface area contributed by atoms with Crippen molar-refractivity contribution < 1.29 is 4.79 Å². The molecule has 4 nitrogen and oxygen atoms in total. The third-order valence-corrected chi connectivity index (χ3v) is 4.51. The summed E-state index contributed by atoms with van der Waals surface area (Å²) in [6, 6.07) is 11.9. The summed E-state index contributed by atoms with van der Waals surface area (Å²) in [5.41, 5.74) is 12.4. The number of nitrogen functional groups attached to an aromatic ring is 1. The molecule has 5 heteroatoms. The molecule has 2 aromatic rings. The minimum atomic E-state index is 0. The lowest BCUT2D eigenvalue weighted by molar-refractivity contribution is -0.115. The van der Waals surface area contributed by atoms with Gasteiger partial charge in [0.1, 0.15) is 0 Å². The number of carbonyl (C=O) groups is 1. The molecule has 0 saturated carbocycles. The molecular weight excluding hydrogens is 322 g/mol. The average molecular weight is 346 g/mol. The van der Waals surface area contributed by atoms with E-state index in [9.17, 15) is 4.79 Å². The fraction of sp³-hybridized carbons (Fsp3) is 0.316. The Morgan fingerprint density at radius 3 is 2.75 bits per heavy atom. The summed E-state index contributed by atoms with van der Waals surface area (Å²) in [7, 11) is 0. The van der Waals surface area contributed by atoms with Crippen LogP contribution in [0.25, 0.3) is 0 Å². The number of aryl methyl sites for hydroxylation is 2. The molecule has 0 aromatic heterocycles. The Morgan fingerprint density at radius 1 is 1.21 bits per heavy atom. The molecule has 0 radical (unpaired) electrons. The maximum atomic E-state index is 12.4. The van der Waals surface area contributed by atoms with Crippen LogP contribution in [0.2, 0.25) is 0 Å². The van der Waals surface area contributed by atoms with Gasteiger partial charge in [-0.05, 0) is 67.6 Å². The van der Waals surface area contributed by atoms with E-state index in [0.29, 0.717) is 6.54 Å². The molecule has 0 fully saturated rings. The van der Waals surface area contributed by atoms with Crippen molar-refractivity contribution in [3.63, 3.8) is 0 Å². The van der Waals surface area contributed by atoms with E-state index in [1.54, 1.807) is 0 Å². The molecule has 1 amide bonds. The van der Waals surface area contributed by atoms with Crippen molar-refractivity contribution in [2.24, 2.45) is 0 Å². The van der Waals surface area contributed by atoms with Crippen LogP contribution >= 0.6 is 12.4 Å². The summed E-state index contributed by atoms with van der Waals surface area (Å²) in [5, 5.41) is 2.99. The van der Waals surface area contributed by atoms with Gasteiger partial charge < -0.3 is 16.0 Å². The number of anilines is 3. The fourth-order valence-corrected chi connectivity index (χ4v) is 3.09. The van der Waals surface area contributed by atoms with Crippen LogP contribution < -0.4 is 16.0 Å². The maximum absolute atomic E-state index is 12.4. The largest absolute Gasteiger partial charge is 0.398 e. The Hall–Kier alpha value is -2.20. The van der Waals surface area contributed by atoms with Crippen LogP contribution in [0, 0.1) is 13.8 Å². The van der Waals surface area contributed by atoms with E-state index in [2.05, 4.69) is 24.1 Å². The predicted molar refractivity (Wildman–Crippen MR) is 103 cm³/mol. The summed E-state index contributed by atoms with van der Waals surface area (Å²) >= 11 is 0. The quantitative estimate of drug-likeness (QED) is 0.834. The van der Waals surface area contributed by atoms with E-state index in [0.717, 1.165) is 42.0 Å². The lowest BCUT2D eigenvalue weighted by Gasteiger charge is -2.31. The van der Waals surface area contributed by atoms with Crippen LogP contribution in [0.3, 0.4) is 0 Å². The second-order valence-corrected chi connectivity index (χ2v) is 6.22. The van der Waals surface area contributed by atoms with Crippen LogP contribution in [-0.4, -0.2) is 19.0 Å². The van der Waals surface area contributed by atoms with Crippen LogP contribution in [0.15, 0.2) is 36.4 Å². The molecular formula is C19H24ClN3O. The van der Waals surface area contributed by atoms with Gasteiger partial charge >= 0.3 is 0 Å². The third-order valence-electron chi connectivity index (χ3n) is 4.51. The fourth-order valence-electron chi connectivity index (χ4n) is 3.09. The number of nitrogens with one attached hydrogen (secondary N) is 1. The third kappa shape index (κ3) is 3.82. The van der Waals surface area contributed by atoms with Crippen molar-refractivity contribution in [3.05, 3.63) is 53.1 Å². The molecule has 0 saturated heterocycles. The monoisotopic (exact) mass is 345 g/mol. The van der Waals surface area contributed by atoms with Crippen LogP contribution in [0.4, 0.5) is 17.1 Å².